The molecule has 0 spiro atoms. The third-order valence-corrected chi connectivity index (χ3v) is 4.71. The van der Waals surface area contributed by atoms with Crippen LogP contribution in [0.5, 0.6) is 0 Å². The molecular weight excluding hydrogens is 292 g/mol. The van der Waals surface area contributed by atoms with E-state index >= 15 is 0 Å². The molecule has 0 saturated carbocycles. The highest BCUT2D eigenvalue weighted by Gasteiger charge is 2.19. The van der Waals surface area contributed by atoms with Crippen LogP contribution in [-0.2, 0) is 0 Å². The van der Waals surface area contributed by atoms with Gasteiger partial charge in [0.15, 0.2) is 0 Å². The monoisotopic (exact) mass is 301 g/mol. The second kappa shape index (κ2) is 4.72. The van der Waals surface area contributed by atoms with E-state index in [0.717, 1.165) is 29.3 Å². The minimum absolute atomic E-state index is 0.500. The molecule has 1 aliphatic heterocycles. The molecular formula is C6H11Br2N2S+. The summed E-state index contributed by atoms with van der Waals surface area (Å²) in [6.45, 7) is 2.09. The Morgan fingerprint density at radius 1 is 1.73 bits per heavy atom. The van der Waals surface area contributed by atoms with Crippen LogP contribution in [0.25, 0.3) is 0 Å². The van der Waals surface area contributed by atoms with Gasteiger partial charge in [-0.15, -0.1) is 0 Å². The van der Waals surface area contributed by atoms with E-state index in [-0.39, 0.29) is 0 Å². The van der Waals surface area contributed by atoms with Gasteiger partial charge in [0.25, 0.3) is 0 Å². The number of hydrogen-bond donors (Lipinski definition) is 1. The molecule has 0 aromatic heterocycles. The Hall–Kier alpha value is 0.780. The number of rotatable bonds is 3. The Balaban J connectivity index is 2.41. The minimum Gasteiger partial charge on any atom is -0.281 e. The van der Waals surface area contributed by atoms with Crippen molar-refractivity contribution in [2.24, 2.45) is 5.73 Å². The van der Waals surface area contributed by atoms with Gasteiger partial charge in [-0.05, 0) is 11.8 Å². The molecule has 0 fully saturated rings. The highest BCUT2D eigenvalue weighted by molar-refractivity contribution is 9.12. The highest BCUT2D eigenvalue weighted by Crippen LogP contribution is 2.11. The maximum absolute atomic E-state index is 5.75. The van der Waals surface area contributed by atoms with E-state index in [4.69, 9.17) is 5.73 Å². The van der Waals surface area contributed by atoms with Crippen molar-refractivity contribution in [1.29, 1.82) is 0 Å². The minimum atomic E-state index is 0.500. The maximum atomic E-state index is 5.75. The summed E-state index contributed by atoms with van der Waals surface area (Å²) in [5.41, 5.74) is 5.75. The molecule has 5 heteroatoms. The van der Waals surface area contributed by atoms with Crippen molar-refractivity contribution >= 4 is 48.8 Å². The quantitative estimate of drug-likeness (QED) is 0.627. The Bertz CT molecular complexity index is 172. The van der Waals surface area contributed by atoms with Crippen LogP contribution in [0.3, 0.4) is 0 Å². The van der Waals surface area contributed by atoms with Gasteiger partial charge >= 0.3 is 5.17 Å². The van der Waals surface area contributed by atoms with Crippen LogP contribution in [-0.4, -0.2) is 38.7 Å². The smallest absolute Gasteiger partial charge is 0.281 e. The first-order valence-electron chi connectivity index (χ1n) is 3.44. The van der Waals surface area contributed by atoms with Gasteiger partial charge in [-0.25, -0.2) is 0 Å². The molecule has 0 aromatic carbocycles. The molecule has 0 bridgehead atoms. The molecule has 11 heavy (non-hydrogen) atoms. The fourth-order valence-electron chi connectivity index (χ4n) is 0.931. The van der Waals surface area contributed by atoms with Crippen LogP contribution >= 0.6 is 43.6 Å². The summed E-state index contributed by atoms with van der Waals surface area (Å²) in [5, 5.41) is 1.94. The number of thioether (sulfide) groups is 1. The molecule has 0 amide bonds. The third-order valence-electron chi connectivity index (χ3n) is 1.51. The number of alkyl halides is 2. The summed E-state index contributed by atoms with van der Waals surface area (Å²) in [7, 11) is 0. The SMILES string of the molecule is NC1=[N+](CC(Br)CBr)CCS1. The fraction of sp³-hybridized carbons (Fsp3) is 0.833. The Morgan fingerprint density at radius 2 is 2.45 bits per heavy atom. The van der Waals surface area contributed by atoms with Crippen molar-refractivity contribution in [2.75, 3.05) is 24.2 Å². The molecule has 1 heterocycles. The maximum Gasteiger partial charge on any atom is 0.304 e. The van der Waals surface area contributed by atoms with Crippen molar-refractivity contribution in [2.45, 2.75) is 4.83 Å². The lowest BCUT2D eigenvalue weighted by atomic mass is 10.4. The first-order valence-corrected chi connectivity index (χ1v) is 6.46. The summed E-state index contributed by atoms with van der Waals surface area (Å²) in [6, 6.07) is 0. The molecule has 64 valence electrons. The lowest BCUT2D eigenvalue weighted by Crippen LogP contribution is -2.27. The van der Waals surface area contributed by atoms with Crippen LogP contribution in [0.15, 0.2) is 0 Å². The van der Waals surface area contributed by atoms with E-state index < -0.39 is 0 Å². The molecule has 1 unspecified atom stereocenters. The number of nitrogens with zero attached hydrogens (tertiary/aromatic N) is 1. The van der Waals surface area contributed by atoms with Gasteiger partial charge in [-0.1, -0.05) is 31.9 Å². The van der Waals surface area contributed by atoms with Crippen LogP contribution in [0.1, 0.15) is 0 Å². The summed E-state index contributed by atoms with van der Waals surface area (Å²) in [4.78, 5) is 0.500. The van der Waals surface area contributed by atoms with Crippen LogP contribution in [0.2, 0.25) is 0 Å². The molecule has 1 aliphatic rings. The van der Waals surface area contributed by atoms with Crippen LogP contribution in [0, 0.1) is 0 Å². The van der Waals surface area contributed by atoms with Crippen molar-refractivity contribution in [3.8, 4) is 0 Å². The lowest BCUT2D eigenvalue weighted by Gasteiger charge is -2.05. The van der Waals surface area contributed by atoms with E-state index in [1.165, 1.54) is 0 Å². The van der Waals surface area contributed by atoms with Crippen LogP contribution < -0.4 is 5.73 Å². The van der Waals surface area contributed by atoms with E-state index in [1.54, 1.807) is 11.8 Å². The van der Waals surface area contributed by atoms with Crippen molar-refractivity contribution in [3.05, 3.63) is 0 Å². The summed E-state index contributed by atoms with van der Waals surface area (Å²) in [6.07, 6.45) is 0. The van der Waals surface area contributed by atoms with Gasteiger partial charge in [-0.2, -0.15) is 0 Å². The van der Waals surface area contributed by atoms with E-state index in [0.29, 0.717) is 4.83 Å². The largest absolute Gasteiger partial charge is 0.304 e. The zero-order valence-electron chi connectivity index (χ0n) is 6.09. The fourth-order valence-corrected chi connectivity index (χ4v) is 2.35. The van der Waals surface area contributed by atoms with Gasteiger partial charge in [0.1, 0.15) is 0 Å². The molecule has 1 atom stereocenters. The first kappa shape index (κ1) is 9.86. The van der Waals surface area contributed by atoms with Gasteiger partial charge in [-0.3, -0.25) is 10.3 Å². The second-order valence-electron chi connectivity index (χ2n) is 2.38. The zero-order valence-corrected chi connectivity index (χ0v) is 10.1. The standard InChI is InChI=1S/C6H10Br2N2S/c7-3-5(8)4-10-1-2-11-6(10)9/h5,9H,1-4H2/p+1. The van der Waals surface area contributed by atoms with E-state index in [1.807, 2.05) is 0 Å². The number of nitrogens with two attached hydrogens (primary N) is 1. The van der Waals surface area contributed by atoms with Crippen LogP contribution in [0.4, 0.5) is 0 Å². The van der Waals surface area contributed by atoms with E-state index in [9.17, 15) is 0 Å². The molecule has 2 N–H and O–H groups in total. The molecule has 0 radical (unpaired) electrons. The Morgan fingerprint density at radius 3 is 2.91 bits per heavy atom. The molecule has 1 rings (SSSR count). The summed E-state index contributed by atoms with van der Waals surface area (Å²) >= 11 is 8.70. The molecule has 0 saturated heterocycles. The van der Waals surface area contributed by atoms with E-state index in [2.05, 4.69) is 36.4 Å². The van der Waals surface area contributed by atoms with Gasteiger partial charge in [0.2, 0.25) is 0 Å². The van der Waals surface area contributed by atoms with Crippen molar-refractivity contribution in [1.82, 2.24) is 0 Å². The number of hydrogen-bond acceptors (Lipinski definition) is 2. The number of amidine groups is 1. The molecule has 2 nitrogen and oxygen atoms in total. The van der Waals surface area contributed by atoms with Gasteiger partial charge in [0, 0.05) is 11.1 Å². The average Bonchev–Trinajstić information content (AvgIpc) is 2.37. The van der Waals surface area contributed by atoms with Crippen molar-refractivity contribution in [3.63, 3.8) is 0 Å². The second-order valence-corrected chi connectivity index (χ2v) is 5.44. The van der Waals surface area contributed by atoms with Gasteiger partial charge in [0.05, 0.1) is 17.9 Å². The van der Waals surface area contributed by atoms with Crippen molar-refractivity contribution < 1.29 is 4.58 Å². The first-order chi connectivity index (χ1) is 5.24. The predicted molar refractivity (Wildman–Crippen MR) is 58.2 cm³/mol. The Labute approximate surface area is 87.9 Å². The lowest BCUT2D eigenvalue weighted by molar-refractivity contribution is -0.516. The summed E-state index contributed by atoms with van der Waals surface area (Å²) < 4.78 is 2.21. The average molecular weight is 303 g/mol. The van der Waals surface area contributed by atoms with Gasteiger partial charge < -0.3 is 0 Å². The molecule has 0 aliphatic carbocycles. The summed E-state index contributed by atoms with van der Waals surface area (Å²) in [5.74, 6) is 1.13. The normalized spacial score (nSPS) is 20.9. The number of halogens is 2. The predicted octanol–water partition coefficient (Wildman–Crippen LogP) is 1.22. The highest BCUT2D eigenvalue weighted by atomic mass is 79.9. The third kappa shape index (κ3) is 2.95. The Kier molecular flexibility index (Phi) is 4.23. The zero-order chi connectivity index (χ0) is 8.27. The molecule has 0 aromatic rings. The topological polar surface area (TPSA) is 29.0 Å².